The molecule has 0 saturated heterocycles. The van der Waals surface area contributed by atoms with Crippen molar-refractivity contribution in [1.82, 2.24) is 0 Å². The van der Waals surface area contributed by atoms with Gasteiger partial charge in [-0.15, -0.1) is 0 Å². The minimum Gasteiger partial charge on any atom is -0.511 e. The van der Waals surface area contributed by atoms with E-state index < -0.39 is 93.0 Å². The lowest BCUT2D eigenvalue weighted by atomic mass is 9.52. The Bertz CT molecular complexity index is 1290. The Balaban J connectivity index is 2.04. The van der Waals surface area contributed by atoms with Crippen LogP contribution in [0.25, 0.3) is 0 Å². The van der Waals surface area contributed by atoms with Crippen molar-refractivity contribution in [2.45, 2.75) is 45.3 Å². The number of hydrogen-bond acceptors (Lipinski definition) is 10. The number of aliphatic hydroxyl groups excluding tert-OH is 3. The smallest absolute Gasteiger partial charge is 0.341 e. The maximum Gasteiger partial charge on any atom is 0.341 e. The highest BCUT2D eigenvalue weighted by molar-refractivity contribution is 6.25. The molecular formula is C26H28O10. The molecule has 0 radical (unpaired) electrons. The number of Topliss-reactive ketones (excluding diaryl/α,β-unsaturated/α-hetero) is 3. The van der Waals surface area contributed by atoms with Gasteiger partial charge in [-0.3, -0.25) is 14.4 Å². The van der Waals surface area contributed by atoms with E-state index in [1.54, 1.807) is 20.8 Å². The molecule has 3 unspecified atom stereocenters. The Hall–Kier alpha value is -3.50. The number of phenols is 1. The van der Waals surface area contributed by atoms with Crippen molar-refractivity contribution < 1.29 is 49.4 Å². The lowest BCUT2D eigenvalue weighted by molar-refractivity contribution is -0.164. The lowest BCUT2D eigenvalue weighted by Crippen LogP contribution is -2.65. The number of ketones is 3. The van der Waals surface area contributed by atoms with Crippen LogP contribution in [0, 0.1) is 23.7 Å². The van der Waals surface area contributed by atoms with Gasteiger partial charge in [-0.25, -0.2) is 4.79 Å². The zero-order valence-electron chi connectivity index (χ0n) is 20.4. The highest BCUT2D eigenvalue weighted by Crippen LogP contribution is 2.57. The average Bonchev–Trinajstić information content (AvgIpc) is 2.80. The van der Waals surface area contributed by atoms with Crippen molar-refractivity contribution in [3.8, 4) is 5.75 Å². The van der Waals surface area contributed by atoms with Crippen LogP contribution in [0.3, 0.4) is 0 Å². The molecule has 4 rings (SSSR count). The number of carbonyl (C=O) groups is 4. The van der Waals surface area contributed by atoms with E-state index in [9.17, 15) is 44.7 Å². The maximum absolute atomic E-state index is 13.7. The third-order valence-corrected chi connectivity index (χ3v) is 7.89. The first-order valence-corrected chi connectivity index (χ1v) is 11.5. The van der Waals surface area contributed by atoms with Gasteiger partial charge in [-0.2, -0.15) is 0 Å². The van der Waals surface area contributed by atoms with Crippen LogP contribution in [0.15, 0.2) is 34.8 Å². The molecule has 0 saturated carbocycles. The molecule has 0 aliphatic heterocycles. The van der Waals surface area contributed by atoms with Crippen molar-refractivity contribution in [2.75, 3.05) is 7.11 Å². The molecule has 36 heavy (non-hydrogen) atoms. The van der Waals surface area contributed by atoms with Crippen molar-refractivity contribution in [1.29, 1.82) is 0 Å². The number of hydrogen-bond donors (Lipinski definition) is 5. The van der Waals surface area contributed by atoms with E-state index >= 15 is 0 Å². The zero-order chi connectivity index (χ0) is 27.0. The van der Waals surface area contributed by atoms with Crippen molar-refractivity contribution in [3.63, 3.8) is 0 Å². The number of carbonyl (C=O) groups excluding carboxylic acids is 4. The van der Waals surface area contributed by atoms with E-state index in [1.165, 1.54) is 12.1 Å². The zero-order valence-corrected chi connectivity index (χ0v) is 20.4. The lowest BCUT2D eigenvalue weighted by Gasteiger charge is -2.53. The first-order chi connectivity index (χ1) is 16.7. The molecular weight excluding hydrogens is 472 g/mol. The van der Waals surface area contributed by atoms with E-state index in [0.29, 0.717) is 0 Å². The molecule has 0 aromatic heterocycles. The van der Waals surface area contributed by atoms with Gasteiger partial charge in [0.25, 0.3) is 0 Å². The second-order valence-electron chi connectivity index (χ2n) is 10.0. The molecule has 192 valence electrons. The highest BCUT2D eigenvalue weighted by Gasteiger charge is 2.67. The first-order valence-electron chi connectivity index (χ1n) is 11.5. The molecule has 0 bridgehead atoms. The number of methoxy groups -OCH3 is 1. The molecule has 0 fully saturated rings. The summed E-state index contributed by atoms with van der Waals surface area (Å²) in [5.41, 5.74) is -4.44. The van der Waals surface area contributed by atoms with Gasteiger partial charge in [-0.05, 0) is 30.4 Å². The van der Waals surface area contributed by atoms with Crippen LogP contribution in [-0.4, -0.2) is 67.7 Å². The van der Waals surface area contributed by atoms with Crippen LogP contribution in [0.1, 0.15) is 59.9 Å². The second-order valence-corrected chi connectivity index (χ2v) is 10.0. The fraction of sp³-hybridized carbons (Fsp3) is 0.462. The van der Waals surface area contributed by atoms with Crippen LogP contribution < -0.4 is 0 Å². The van der Waals surface area contributed by atoms with E-state index in [1.807, 2.05) is 0 Å². The minimum atomic E-state index is -2.88. The largest absolute Gasteiger partial charge is 0.511 e. The molecule has 1 aromatic rings. The summed E-state index contributed by atoms with van der Waals surface area (Å²) in [6.07, 6.45) is -1.61. The molecule has 3 aliphatic rings. The Kier molecular flexibility index (Phi) is 5.88. The summed E-state index contributed by atoms with van der Waals surface area (Å²) in [5, 5.41) is 56.3. The van der Waals surface area contributed by atoms with Gasteiger partial charge >= 0.3 is 5.97 Å². The van der Waals surface area contributed by atoms with Crippen molar-refractivity contribution >= 4 is 23.3 Å². The predicted molar refractivity (Wildman–Crippen MR) is 123 cm³/mol. The van der Waals surface area contributed by atoms with Gasteiger partial charge in [0, 0.05) is 23.3 Å². The molecule has 0 heterocycles. The summed E-state index contributed by atoms with van der Waals surface area (Å²) in [6, 6.07) is 2.71. The number of benzene rings is 1. The van der Waals surface area contributed by atoms with Gasteiger partial charge in [-0.1, -0.05) is 26.8 Å². The van der Waals surface area contributed by atoms with Crippen LogP contribution in [0.5, 0.6) is 5.75 Å². The van der Waals surface area contributed by atoms with Crippen molar-refractivity contribution in [2.24, 2.45) is 23.7 Å². The molecule has 10 nitrogen and oxygen atoms in total. The fourth-order valence-electron chi connectivity index (χ4n) is 6.24. The highest BCUT2D eigenvalue weighted by atomic mass is 16.5. The minimum absolute atomic E-state index is 0.281. The molecule has 0 amide bonds. The SMILES string of the molecule is COC(=O)c1ccc2c(c1O)C(=O)C1=C(O)[C@@]3(O)C(=O)C(C(C)=O)=C(O)C(C(C)C)C3[C@H](O)C1[C@@H]2C. The number of fused-ring (bicyclic) bond motifs is 3. The topological polar surface area (TPSA) is 179 Å². The number of aromatic hydroxyl groups is 1. The molecule has 5 N–H and O–H groups in total. The van der Waals surface area contributed by atoms with Gasteiger partial charge < -0.3 is 30.3 Å². The Morgan fingerprint density at radius 3 is 2.25 bits per heavy atom. The van der Waals surface area contributed by atoms with Crippen molar-refractivity contribution in [3.05, 3.63) is 51.5 Å². The monoisotopic (exact) mass is 500 g/mol. The van der Waals surface area contributed by atoms with Crippen LogP contribution in [-0.2, 0) is 14.3 Å². The number of allylic oxidation sites excluding steroid dienone is 1. The van der Waals surface area contributed by atoms with Gasteiger partial charge in [0.15, 0.2) is 17.2 Å². The molecule has 6 atom stereocenters. The normalized spacial score (nSPS) is 31.7. The summed E-state index contributed by atoms with van der Waals surface area (Å²) >= 11 is 0. The molecule has 1 aromatic carbocycles. The fourth-order valence-corrected chi connectivity index (χ4v) is 6.24. The molecule has 10 heteroatoms. The van der Waals surface area contributed by atoms with Crippen LogP contribution in [0.2, 0.25) is 0 Å². The van der Waals surface area contributed by atoms with E-state index in [0.717, 1.165) is 14.0 Å². The van der Waals surface area contributed by atoms with E-state index in [4.69, 9.17) is 0 Å². The summed E-state index contributed by atoms with van der Waals surface area (Å²) in [7, 11) is 1.10. The van der Waals surface area contributed by atoms with Gasteiger partial charge in [0.1, 0.15) is 28.4 Å². The Labute approximate surface area is 206 Å². The Morgan fingerprint density at radius 2 is 1.72 bits per heavy atom. The van der Waals surface area contributed by atoms with Crippen LogP contribution >= 0.6 is 0 Å². The number of esters is 1. The number of rotatable bonds is 3. The quantitative estimate of drug-likeness (QED) is 0.304. The Morgan fingerprint density at radius 1 is 1.11 bits per heavy atom. The van der Waals surface area contributed by atoms with Crippen LogP contribution in [0.4, 0.5) is 0 Å². The third-order valence-electron chi connectivity index (χ3n) is 7.89. The summed E-state index contributed by atoms with van der Waals surface area (Å²) in [4.78, 5) is 51.4. The third kappa shape index (κ3) is 3.04. The second kappa shape index (κ2) is 8.28. The molecule has 3 aliphatic carbocycles. The summed E-state index contributed by atoms with van der Waals surface area (Å²) in [5.74, 6) is -11.3. The molecule has 0 spiro atoms. The summed E-state index contributed by atoms with van der Waals surface area (Å²) < 4.78 is 4.64. The average molecular weight is 501 g/mol. The summed E-state index contributed by atoms with van der Waals surface area (Å²) in [6.45, 7) is 5.97. The van der Waals surface area contributed by atoms with E-state index in [2.05, 4.69) is 4.74 Å². The predicted octanol–water partition coefficient (Wildman–Crippen LogP) is 1.88. The number of ether oxygens (including phenoxy) is 1. The van der Waals surface area contributed by atoms with Gasteiger partial charge in [0.05, 0.1) is 18.8 Å². The van der Waals surface area contributed by atoms with Gasteiger partial charge in [0.2, 0.25) is 5.78 Å². The van der Waals surface area contributed by atoms with E-state index in [-0.39, 0.29) is 16.7 Å². The number of phenolic OH excluding ortho intramolecular Hbond substituents is 1. The first kappa shape index (κ1) is 25.6. The maximum atomic E-state index is 13.7. The standard InChI is InChI=1S/C26H28O10/c1-8(2)13-18-22(31)14-9(3)11-6-7-12(25(34)36-5)19(28)16(11)21(30)17(14)24(33)26(18,35)23(32)15(10(4)27)20(13)29/h6-9,13-14,18,22,28-29,31,33,35H,1-5H3/t9-,13?,14?,18?,22-,26+/m1/s1. The number of aliphatic hydroxyl groups is 4.